The maximum Gasteiger partial charge on any atom is 0.254 e. The molecule has 8 heterocycles. The Kier molecular flexibility index (Phi) is 9.98. The van der Waals surface area contributed by atoms with Crippen LogP contribution in [0.4, 0.5) is 0 Å². The quantitative estimate of drug-likeness (QED) is 0.154. The van der Waals surface area contributed by atoms with Crippen LogP contribution in [0.2, 0.25) is 0 Å². The van der Waals surface area contributed by atoms with Crippen LogP contribution in [0.25, 0.3) is 55.7 Å². The molecular formula is C46H18N12O10. The van der Waals surface area contributed by atoms with E-state index in [1.807, 2.05) is 0 Å². The summed E-state index contributed by atoms with van der Waals surface area (Å²) in [6.07, 6.45) is 13.6. The molecule has 68 heavy (non-hydrogen) atoms. The van der Waals surface area contributed by atoms with Crippen molar-refractivity contribution in [2.24, 2.45) is 0 Å². The normalized spacial score (nSPS) is 12.8. The van der Waals surface area contributed by atoms with E-state index in [1.165, 1.54) is 37.2 Å². The fourth-order valence-corrected chi connectivity index (χ4v) is 7.55. The Morgan fingerprint density at radius 1 is 0.235 bits per heavy atom. The first-order valence-corrected chi connectivity index (χ1v) is 19.6. The minimum Gasteiger partial charge on any atom is -0.285 e. The zero-order valence-corrected chi connectivity index (χ0v) is 33.8. The average molecular weight is 899 g/mol. The molecule has 0 fully saturated rings. The molecule has 0 aromatic carbocycles. The van der Waals surface area contributed by atoms with Gasteiger partial charge in [-0.2, -0.15) is 0 Å². The van der Waals surface area contributed by atoms with Gasteiger partial charge in [0.05, 0.1) is 11.1 Å². The number of carbonyl (C=O) groups excluding carboxylic acids is 6. The summed E-state index contributed by atoms with van der Waals surface area (Å²) in [5, 5.41) is 0. The number of carbonyl (C=O) groups is 6. The zero-order valence-electron chi connectivity index (χ0n) is 33.8. The SMILES string of the molecule is O=C1C(=O)c2cccnc2-c2ncccc21.O=C1C(=O)c2ncccc2-c2cccnc21.O=C1c2nccnc2C(=O)c2nccnc21.O=c1c(=O)c2ncnc3c2-c2c1ncnc2c(=O)c3=O. The summed E-state index contributed by atoms with van der Waals surface area (Å²) in [6, 6.07) is 13.5. The maximum absolute atomic E-state index is 12.0. The molecule has 22 nitrogen and oxygen atoms in total. The summed E-state index contributed by atoms with van der Waals surface area (Å²) in [4.78, 5) is 165. The van der Waals surface area contributed by atoms with E-state index in [9.17, 15) is 47.9 Å². The predicted octanol–water partition coefficient (Wildman–Crippen LogP) is 1.52. The molecular weight excluding hydrogens is 881 g/mol. The molecule has 0 bridgehead atoms. The van der Waals surface area contributed by atoms with Crippen molar-refractivity contribution in [1.82, 2.24) is 59.8 Å². The van der Waals surface area contributed by atoms with Crippen molar-refractivity contribution in [3.63, 3.8) is 0 Å². The third-order valence-electron chi connectivity index (χ3n) is 10.6. The standard InChI is InChI=1S/C12H2N4O4.2C12H6N2O2.C10H4N4O2/c17-9-5-3-4-7(11(9)19)15-2-16-8(4)12(20)10(18)6(3)14-1-13-5;15-11-7-3-1-5-13-9(7)10-8(12(11)16)4-2-6-14-10;15-11-9-7(3-1-5-13-9)8-4-2-6-14-10(8)12(11)16;15-9-5-6(12-2-1-11-5)10(16)8-7(9)13-3-4-14-8/h1-2H;2*1-6H;1-4H. The van der Waals surface area contributed by atoms with Crippen molar-refractivity contribution in [3.05, 3.63) is 197 Å². The van der Waals surface area contributed by atoms with E-state index < -0.39 is 56.4 Å². The van der Waals surface area contributed by atoms with Crippen molar-refractivity contribution >= 4 is 56.8 Å². The number of ketones is 6. The van der Waals surface area contributed by atoms with E-state index in [1.54, 1.807) is 60.9 Å². The number of nitrogens with zero attached hydrogens (tertiary/aromatic N) is 12. The highest BCUT2D eigenvalue weighted by Crippen LogP contribution is 2.32. The fourth-order valence-electron chi connectivity index (χ4n) is 7.55. The Bertz CT molecular complexity index is 3560. The van der Waals surface area contributed by atoms with Crippen LogP contribution in [0, 0.1) is 0 Å². The number of hydrogen-bond acceptors (Lipinski definition) is 22. The summed E-state index contributed by atoms with van der Waals surface area (Å²) in [6.45, 7) is 0. The number of fused-ring (bicyclic) bond motifs is 8. The summed E-state index contributed by atoms with van der Waals surface area (Å²) < 4.78 is 0. The van der Waals surface area contributed by atoms with Crippen LogP contribution in [-0.4, -0.2) is 94.5 Å². The number of aromatic nitrogens is 12. The molecule has 0 spiro atoms. The minimum absolute atomic E-state index is 0.0421. The smallest absolute Gasteiger partial charge is 0.254 e. The van der Waals surface area contributed by atoms with Gasteiger partial charge >= 0.3 is 0 Å². The van der Waals surface area contributed by atoms with Gasteiger partial charge in [-0.1, -0.05) is 12.1 Å². The van der Waals surface area contributed by atoms with Crippen LogP contribution in [0.5, 0.6) is 0 Å². The van der Waals surface area contributed by atoms with Gasteiger partial charge in [0, 0.05) is 71.8 Å². The van der Waals surface area contributed by atoms with Gasteiger partial charge in [-0.25, -0.2) is 39.9 Å². The van der Waals surface area contributed by atoms with Crippen molar-refractivity contribution < 1.29 is 28.8 Å². The lowest BCUT2D eigenvalue weighted by Gasteiger charge is -2.14. The first kappa shape index (κ1) is 41.6. The van der Waals surface area contributed by atoms with Crippen LogP contribution in [0.15, 0.2) is 130 Å². The Morgan fingerprint density at radius 3 is 0.809 bits per heavy atom. The third-order valence-corrected chi connectivity index (χ3v) is 10.6. The summed E-state index contributed by atoms with van der Waals surface area (Å²) >= 11 is 0. The molecule has 0 saturated heterocycles. The van der Waals surface area contributed by atoms with Crippen molar-refractivity contribution in [3.8, 4) is 33.6 Å². The number of pyridine rings is 4. The van der Waals surface area contributed by atoms with Crippen molar-refractivity contribution in [1.29, 1.82) is 0 Å². The zero-order chi connectivity index (χ0) is 47.4. The van der Waals surface area contributed by atoms with E-state index in [0.29, 0.717) is 33.6 Å². The van der Waals surface area contributed by atoms with Crippen LogP contribution in [0.3, 0.4) is 0 Å². The topological polar surface area (TPSA) is 325 Å². The van der Waals surface area contributed by atoms with Gasteiger partial charge in [0.15, 0.2) is 0 Å². The Morgan fingerprint density at radius 2 is 0.500 bits per heavy atom. The Balaban J connectivity index is 0.000000106. The van der Waals surface area contributed by atoms with Crippen LogP contribution < -0.4 is 21.7 Å². The second-order valence-electron chi connectivity index (χ2n) is 14.3. The lowest BCUT2D eigenvalue weighted by Crippen LogP contribution is -2.33. The second kappa shape index (κ2) is 16.3. The minimum atomic E-state index is -0.872. The molecule has 0 amide bonds. The maximum atomic E-state index is 12.0. The summed E-state index contributed by atoms with van der Waals surface area (Å²) in [5.41, 5.74) is -0.504. The molecule has 0 unspecified atom stereocenters. The van der Waals surface area contributed by atoms with E-state index in [2.05, 4.69) is 59.8 Å². The molecule has 22 heteroatoms. The molecule has 322 valence electrons. The predicted molar refractivity (Wildman–Crippen MR) is 231 cm³/mol. The molecule has 8 aromatic rings. The lowest BCUT2D eigenvalue weighted by molar-refractivity contribution is 0.0809. The number of hydrogen-bond donors (Lipinski definition) is 0. The van der Waals surface area contributed by atoms with E-state index in [0.717, 1.165) is 12.7 Å². The highest BCUT2D eigenvalue weighted by Gasteiger charge is 2.35. The third kappa shape index (κ3) is 6.51. The average Bonchev–Trinajstić information content (AvgIpc) is 3.40. The second-order valence-corrected chi connectivity index (χ2v) is 14.3. The molecule has 0 saturated carbocycles. The molecule has 5 aliphatic rings. The van der Waals surface area contributed by atoms with Gasteiger partial charge < -0.3 is 0 Å². The van der Waals surface area contributed by atoms with Gasteiger partial charge in [-0.05, 0) is 36.4 Å². The Labute approximate surface area is 375 Å². The van der Waals surface area contributed by atoms with E-state index in [-0.39, 0.29) is 67.4 Å². The van der Waals surface area contributed by atoms with Gasteiger partial charge in [0.25, 0.3) is 33.3 Å². The molecule has 0 aliphatic heterocycles. The summed E-state index contributed by atoms with van der Waals surface area (Å²) in [7, 11) is 0. The highest BCUT2D eigenvalue weighted by atomic mass is 16.2. The van der Waals surface area contributed by atoms with Crippen LogP contribution in [-0.2, 0) is 0 Å². The van der Waals surface area contributed by atoms with Gasteiger partial charge in [0.1, 0.15) is 80.3 Å². The van der Waals surface area contributed by atoms with Gasteiger partial charge in [-0.3, -0.25) is 67.9 Å². The van der Waals surface area contributed by atoms with Gasteiger partial charge in [0.2, 0.25) is 23.1 Å². The molecule has 13 rings (SSSR count). The monoisotopic (exact) mass is 898 g/mol. The number of Topliss-reactive ketones (excluding diaryl/α,β-unsaturated/α-hetero) is 4. The van der Waals surface area contributed by atoms with Gasteiger partial charge in [-0.15, -0.1) is 0 Å². The fraction of sp³-hybridized carbons (Fsp3) is 0. The molecule has 8 aromatic heterocycles. The number of benzene rings is 2. The van der Waals surface area contributed by atoms with Crippen LogP contribution >= 0.6 is 0 Å². The Hall–Kier alpha value is -10.4. The van der Waals surface area contributed by atoms with Crippen LogP contribution in [0.1, 0.15) is 74.1 Å². The highest BCUT2D eigenvalue weighted by molar-refractivity contribution is 6.53. The van der Waals surface area contributed by atoms with Crippen molar-refractivity contribution in [2.75, 3.05) is 0 Å². The molecule has 0 atom stereocenters. The molecule has 0 radical (unpaired) electrons. The lowest BCUT2D eigenvalue weighted by atomic mass is 9.90. The van der Waals surface area contributed by atoms with Crippen molar-refractivity contribution in [2.45, 2.75) is 0 Å². The first-order valence-electron chi connectivity index (χ1n) is 19.6. The van der Waals surface area contributed by atoms with E-state index >= 15 is 0 Å². The number of rotatable bonds is 0. The molecule has 0 N–H and O–H groups in total. The summed E-state index contributed by atoms with van der Waals surface area (Å²) in [5.74, 6) is -3.01. The first-order chi connectivity index (χ1) is 33.0. The molecule has 5 aliphatic carbocycles. The largest absolute Gasteiger partial charge is 0.285 e. The van der Waals surface area contributed by atoms with E-state index in [4.69, 9.17) is 0 Å².